The summed E-state index contributed by atoms with van der Waals surface area (Å²) in [6.07, 6.45) is 5.70. The molecule has 5 nitrogen and oxygen atoms in total. The van der Waals surface area contributed by atoms with Crippen molar-refractivity contribution in [1.82, 2.24) is 15.2 Å². The zero-order valence-electron chi connectivity index (χ0n) is 15.3. The van der Waals surface area contributed by atoms with E-state index in [0.717, 1.165) is 37.4 Å². The minimum Gasteiger partial charge on any atom is -0.493 e. The number of nitrogens with one attached hydrogen (secondary N) is 1. The molecule has 0 fully saturated rings. The van der Waals surface area contributed by atoms with Gasteiger partial charge >= 0.3 is 0 Å². The molecule has 0 amide bonds. The van der Waals surface area contributed by atoms with Crippen LogP contribution in [0.15, 0.2) is 36.7 Å². The average molecular weight is 341 g/mol. The van der Waals surface area contributed by atoms with E-state index in [1.165, 1.54) is 16.7 Å². The van der Waals surface area contributed by atoms with Gasteiger partial charge < -0.3 is 19.7 Å². The fourth-order valence-corrected chi connectivity index (χ4v) is 3.24. The molecule has 1 aromatic carbocycles. The van der Waals surface area contributed by atoms with Crippen LogP contribution in [0.25, 0.3) is 0 Å². The second-order valence-corrected chi connectivity index (χ2v) is 6.63. The molecule has 5 heteroatoms. The standard InChI is InChI=1S/C20H27N3O2/c1-23(2)10-5-11-25-19-13-17-15(12-18(19)24-3)7-9-22-20(17)16-6-4-8-21-14-16/h4,6,8,12-14,20,22H,5,7,9-11H2,1-3H3. The Kier molecular flexibility index (Phi) is 5.89. The first-order chi connectivity index (χ1) is 12.2. The van der Waals surface area contributed by atoms with Gasteiger partial charge in [0.1, 0.15) is 0 Å². The first-order valence-electron chi connectivity index (χ1n) is 8.80. The molecule has 0 spiro atoms. The van der Waals surface area contributed by atoms with Gasteiger partial charge in [0.05, 0.1) is 19.8 Å². The smallest absolute Gasteiger partial charge is 0.161 e. The minimum atomic E-state index is 0.146. The van der Waals surface area contributed by atoms with Crippen molar-refractivity contribution in [2.24, 2.45) is 0 Å². The number of fused-ring (bicyclic) bond motifs is 1. The largest absolute Gasteiger partial charge is 0.493 e. The van der Waals surface area contributed by atoms with Crippen LogP contribution in [0.1, 0.15) is 29.2 Å². The summed E-state index contributed by atoms with van der Waals surface area (Å²) < 4.78 is 11.6. The van der Waals surface area contributed by atoms with Crippen molar-refractivity contribution in [3.8, 4) is 11.5 Å². The van der Waals surface area contributed by atoms with Crippen LogP contribution < -0.4 is 14.8 Å². The molecule has 1 N–H and O–H groups in total. The van der Waals surface area contributed by atoms with Crippen molar-refractivity contribution in [2.45, 2.75) is 18.9 Å². The van der Waals surface area contributed by atoms with E-state index in [4.69, 9.17) is 9.47 Å². The minimum absolute atomic E-state index is 0.146. The molecule has 1 aliphatic heterocycles. The van der Waals surface area contributed by atoms with Gasteiger partial charge in [0.2, 0.25) is 0 Å². The maximum atomic E-state index is 6.03. The number of rotatable bonds is 7. The van der Waals surface area contributed by atoms with E-state index in [2.05, 4.69) is 47.5 Å². The zero-order valence-corrected chi connectivity index (χ0v) is 15.3. The Morgan fingerprint density at radius 1 is 1.28 bits per heavy atom. The fraction of sp³-hybridized carbons (Fsp3) is 0.450. The van der Waals surface area contributed by atoms with Crippen LogP contribution in [0.2, 0.25) is 0 Å². The summed E-state index contributed by atoms with van der Waals surface area (Å²) in [7, 11) is 5.85. The van der Waals surface area contributed by atoms with Crippen LogP contribution in [0, 0.1) is 0 Å². The van der Waals surface area contributed by atoms with Crippen LogP contribution in [-0.2, 0) is 6.42 Å². The fourth-order valence-electron chi connectivity index (χ4n) is 3.24. The van der Waals surface area contributed by atoms with Gasteiger partial charge in [-0.3, -0.25) is 4.98 Å². The molecule has 25 heavy (non-hydrogen) atoms. The van der Waals surface area contributed by atoms with Crippen molar-refractivity contribution >= 4 is 0 Å². The van der Waals surface area contributed by atoms with Gasteiger partial charge in [-0.15, -0.1) is 0 Å². The van der Waals surface area contributed by atoms with E-state index < -0.39 is 0 Å². The number of aromatic nitrogens is 1. The van der Waals surface area contributed by atoms with Crippen LogP contribution in [-0.4, -0.2) is 50.8 Å². The Hall–Kier alpha value is -2.11. The molecule has 2 aromatic rings. The average Bonchev–Trinajstić information content (AvgIpc) is 2.64. The lowest BCUT2D eigenvalue weighted by Crippen LogP contribution is -2.30. The molecular formula is C20H27N3O2. The molecule has 134 valence electrons. The van der Waals surface area contributed by atoms with Crippen molar-refractivity contribution in [3.05, 3.63) is 53.3 Å². The highest BCUT2D eigenvalue weighted by molar-refractivity contribution is 5.51. The highest BCUT2D eigenvalue weighted by Crippen LogP contribution is 2.37. The lowest BCUT2D eigenvalue weighted by atomic mass is 9.90. The van der Waals surface area contributed by atoms with Crippen molar-refractivity contribution in [3.63, 3.8) is 0 Å². The highest BCUT2D eigenvalue weighted by atomic mass is 16.5. The Balaban J connectivity index is 1.85. The quantitative estimate of drug-likeness (QED) is 0.785. The summed E-state index contributed by atoms with van der Waals surface area (Å²) in [6, 6.07) is 8.50. The third kappa shape index (κ3) is 4.30. The van der Waals surface area contributed by atoms with Crippen molar-refractivity contribution < 1.29 is 9.47 Å². The Labute approximate surface area is 150 Å². The highest BCUT2D eigenvalue weighted by Gasteiger charge is 2.24. The van der Waals surface area contributed by atoms with E-state index in [0.29, 0.717) is 6.61 Å². The number of nitrogens with zero attached hydrogens (tertiary/aromatic N) is 2. The topological polar surface area (TPSA) is 46.6 Å². The SMILES string of the molecule is COc1cc2c(cc1OCCCN(C)C)C(c1cccnc1)NCC2. The summed E-state index contributed by atoms with van der Waals surface area (Å²) in [5.41, 5.74) is 3.74. The molecule has 2 heterocycles. The van der Waals surface area contributed by atoms with Gasteiger partial charge in [0.25, 0.3) is 0 Å². The maximum Gasteiger partial charge on any atom is 0.161 e. The second kappa shape index (κ2) is 8.32. The van der Waals surface area contributed by atoms with E-state index >= 15 is 0 Å². The number of ether oxygens (including phenoxy) is 2. The van der Waals surface area contributed by atoms with Crippen molar-refractivity contribution in [1.29, 1.82) is 0 Å². The van der Waals surface area contributed by atoms with Crippen LogP contribution in [0.4, 0.5) is 0 Å². The Morgan fingerprint density at radius 2 is 2.16 bits per heavy atom. The number of pyridine rings is 1. The predicted octanol–water partition coefficient (Wildman–Crippen LogP) is 2.66. The van der Waals surface area contributed by atoms with Crippen molar-refractivity contribution in [2.75, 3.05) is 40.9 Å². The molecule has 3 rings (SSSR count). The number of methoxy groups -OCH3 is 1. The molecular weight excluding hydrogens is 314 g/mol. The number of hydrogen-bond donors (Lipinski definition) is 1. The van der Waals surface area contributed by atoms with Gasteiger partial charge in [-0.05, 0) is 61.8 Å². The molecule has 1 atom stereocenters. The summed E-state index contributed by atoms with van der Waals surface area (Å²) in [6.45, 7) is 2.63. The van der Waals surface area contributed by atoms with Gasteiger partial charge in [-0.2, -0.15) is 0 Å². The van der Waals surface area contributed by atoms with Gasteiger partial charge in [-0.25, -0.2) is 0 Å². The number of benzene rings is 1. The molecule has 0 radical (unpaired) electrons. The molecule has 1 unspecified atom stereocenters. The van der Waals surface area contributed by atoms with Crippen LogP contribution in [0.5, 0.6) is 11.5 Å². The Bertz CT molecular complexity index is 689. The second-order valence-electron chi connectivity index (χ2n) is 6.63. The van der Waals surface area contributed by atoms with Gasteiger partial charge in [0, 0.05) is 25.5 Å². The van der Waals surface area contributed by atoms with Crippen LogP contribution >= 0.6 is 0 Å². The van der Waals surface area contributed by atoms with E-state index in [9.17, 15) is 0 Å². The first-order valence-corrected chi connectivity index (χ1v) is 8.80. The molecule has 1 aromatic heterocycles. The number of hydrogen-bond acceptors (Lipinski definition) is 5. The molecule has 0 saturated carbocycles. The third-order valence-corrected chi connectivity index (χ3v) is 4.50. The summed E-state index contributed by atoms with van der Waals surface area (Å²) >= 11 is 0. The predicted molar refractivity (Wildman–Crippen MR) is 99.4 cm³/mol. The lowest BCUT2D eigenvalue weighted by Gasteiger charge is -2.28. The van der Waals surface area contributed by atoms with Crippen LogP contribution in [0.3, 0.4) is 0 Å². The summed E-state index contributed by atoms with van der Waals surface area (Å²) in [4.78, 5) is 6.43. The molecule has 1 aliphatic rings. The third-order valence-electron chi connectivity index (χ3n) is 4.50. The first kappa shape index (κ1) is 17.7. The molecule has 0 bridgehead atoms. The molecule has 0 saturated heterocycles. The van der Waals surface area contributed by atoms with E-state index in [1.807, 2.05) is 12.3 Å². The molecule has 0 aliphatic carbocycles. The maximum absolute atomic E-state index is 6.03. The summed E-state index contributed by atoms with van der Waals surface area (Å²) in [5, 5.41) is 3.60. The Morgan fingerprint density at radius 3 is 2.88 bits per heavy atom. The van der Waals surface area contributed by atoms with E-state index in [1.54, 1.807) is 13.3 Å². The van der Waals surface area contributed by atoms with Gasteiger partial charge in [-0.1, -0.05) is 6.07 Å². The van der Waals surface area contributed by atoms with E-state index in [-0.39, 0.29) is 6.04 Å². The normalized spacial score (nSPS) is 16.6. The van der Waals surface area contributed by atoms with Gasteiger partial charge in [0.15, 0.2) is 11.5 Å². The lowest BCUT2D eigenvalue weighted by molar-refractivity contribution is 0.267. The monoisotopic (exact) mass is 341 g/mol. The summed E-state index contributed by atoms with van der Waals surface area (Å²) in [5.74, 6) is 1.63. The zero-order chi connectivity index (χ0) is 17.6.